The number of carbonyl (C=O) groups is 2. The topological polar surface area (TPSA) is 79.8 Å². The number of aryl methyl sites for hydroxylation is 1. The molecule has 2 N–H and O–H groups in total. The van der Waals surface area contributed by atoms with Crippen LogP contribution in [-0.4, -0.2) is 30.2 Å². The number of nitrogens with zero attached hydrogens (tertiary/aromatic N) is 1. The molecule has 118 valence electrons. The summed E-state index contributed by atoms with van der Waals surface area (Å²) < 4.78 is 5.26. The molecule has 0 aromatic heterocycles. The van der Waals surface area contributed by atoms with Crippen molar-refractivity contribution < 1.29 is 14.3 Å². The number of ether oxygens (including phenoxy) is 1. The molecule has 6 nitrogen and oxygen atoms in total. The van der Waals surface area contributed by atoms with E-state index in [2.05, 4.69) is 15.8 Å². The van der Waals surface area contributed by atoms with Gasteiger partial charge >= 0.3 is 0 Å². The van der Waals surface area contributed by atoms with Crippen LogP contribution in [0.15, 0.2) is 29.4 Å². The van der Waals surface area contributed by atoms with Gasteiger partial charge in [0.05, 0.1) is 6.42 Å². The van der Waals surface area contributed by atoms with Gasteiger partial charge in [-0.2, -0.15) is 5.10 Å². The third-order valence-electron chi connectivity index (χ3n) is 3.33. The van der Waals surface area contributed by atoms with Crippen molar-refractivity contribution in [3.05, 3.63) is 29.8 Å². The Hall–Kier alpha value is -2.21. The van der Waals surface area contributed by atoms with Gasteiger partial charge in [0.1, 0.15) is 6.10 Å². The molecule has 0 saturated carbocycles. The monoisotopic (exact) mass is 303 g/mol. The van der Waals surface area contributed by atoms with E-state index in [1.54, 1.807) is 6.92 Å². The Kier molecular flexibility index (Phi) is 5.66. The van der Waals surface area contributed by atoms with Gasteiger partial charge in [-0.3, -0.25) is 9.59 Å². The smallest absolute Gasteiger partial charge is 0.269 e. The quantitative estimate of drug-likeness (QED) is 0.645. The van der Waals surface area contributed by atoms with Crippen molar-refractivity contribution in [3.8, 4) is 0 Å². The standard InChI is InChI=1S/C16H21N3O3/c1-11-5-7-13(8-6-11)17-15(20)10-12(2)18-19-16(21)14-4-3-9-22-14/h5-8,14H,3-4,9-10H2,1-2H3,(H,17,20)(H,19,21)/b18-12+. The van der Waals surface area contributed by atoms with Crippen molar-refractivity contribution in [2.75, 3.05) is 11.9 Å². The zero-order valence-electron chi connectivity index (χ0n) is 12.9. The van der Waals surface area contributed by atoms with E-state index < -0.39 is 6.10 Å². The molecule has 1 aliphatic rings. The van der Waals surface area contributed by atoms with Gasteiger partial charge in [0.15, 0.2) is 0 Å². The Morgan fingerprint density at radius 2 is 2.05 bits per heavy atom. The maximum absolute atomic E-state index is 11.9. The lowest BCUT2D eigenvalue weighted by atomic mass is 10.2. The molecule has 1 atom stereocenters. The number of rotatable bonds is 5. The Morgan fingerprint density at radius 3 is 2.68 bits per heavy atom. The first-order chi connectivity index (χ1) is 10.5. The average molecular weight is 303 g/mol. The molecule has 1 saturated heterocycles. The lowest BCUT2D eigenvalue weighted by Gasteiger charge is -2.08. The van der Waals surface area contributed by atoms with Crippen LogP contribution in [-0.2, 0) is 14.3 Å². The number of benzene rings is 1. The highest BCUT2D eigenvalue weighted by Crippen LogP contribution is 2.11. The summed E-state index contributed by atoms with van der Waals surface area (Å²) in [5.74, 6) is -0.424. The van der Waals surface area contributed by atoms with Gasteiger partial charge in [0.2, 0.25) is 5.91 Å². The van der Waals surface area contributed by atoms with E-state index in [-0.39, 0.29) is 18.2 Å². The Morgan fingerprint density at radius 1 is 1.32 bits per heavy atom. The molecular formula is C16H21N3O3. The second kappa shape index (κ2) is 7.70. The third kappa shape index (κ3) is 4.96. The van der Waals surface area contributed by atoms with E-state index >= 15 is 0 Å². The van der Waals surface area contributed by atoms with Gasteiger partial charge in [-0.1, -0.05) is 17.7 Å². The van der Waals surface area contributed by atoms with Crippen molar-refractivity contribution in [2.24, 2.45) is 5.10 Å². The number of hydrogen-bond donors (Lipinski definition) is 2. The molecule has 1 heterocycles. The van der Waals surface area contributed by atoms with Crippen LogP contribution in [0.3, 0.4) is 0 Å². The minimum Gasteiger partial charge on any atom is -0.368 e. The number of amides is 2. The first kappa shape index (κ1) is 16.2. The summed E-state index contributed by atoms with van der Waals surface area (Å²) in [7, 11) is 0. The first-order valence-electron chi connectivity index (χ1n) is 7.36. The molecule has 1 aromatic rings. The molecule has 0 aliphatic carbocycles. The molecule has 6 heteroatoms. The van der Waals surface area contributed by atoms with Crippen molar-refractivity contribution in [3.63, 3.8) is 0 Å². The molecule has 22 heavy (non-hydrogen) atoms. The van der Waals surface area contributed by atoms with Gasteiger partial charge in [0.25, 0.3) is 5.91 Å². The highest BCUT2D eigenvalue weighted by Gasteiger charge is 2.23. The molecular weight excluding hydrogens is 282 g/mol. The van der Waals surface area contributed by atoms with Crippen molar-refractivity contribution in [2.45, 2.75) is 39.2 Å². The van der Waals surface area contributed by atoms with Crippen LogP contribution in [0.5, 0.6) is 0 Å². The van der Waals surface area contributed by atoms with Gasteiger partial charge in [0, 0.05) is 18.0 Å². The average Bonchev–Trinajstić information content (AvgIpc) is 3.01. The normalized spacial score (nSPS) is 18.1. The number of hydrogen-bond acceptors (Lipinski definition) is 4. The summed E-state index contributed by atoms with van der Waals surface area (Å²) >= 11 is 0. The zero-order valence-corrected chi connectivity index (χ0v) is 12.9. The Labute approximate surface area is 129 Å². The second-order valence-electron chi connectivity index (χ2n) is 5.42. The summed E-state index contributed by atoms with van der Waals surface area (Å²) in [6, 6.07) is 7.55. The summed E-state index contributed by atoms with van der Waals surface area (Å²) in [6.45, 7) is 4.30. The second-order valence-corrected chi connectivity index (χ2v) is 5.42. The third-order valence-corrected chi connectivity index (χ3v) is 3.33. The predicted molar refractivity (Wildman–Crippen MR) is 84.7 cm³/mol. The van der Waals surface area contributed by atoms with Crippen LogP contribution in [0.1, 0.15) is 31.7 Å². The molecule has 2 amide bonds. The van der Waals surface area contributed by atoms with Crippen molar-refractivity contribution >= 4 is 23.2 Å². The van der Waals surface area contributed by atoms with Gasteiger partial charge < -0.3 is 10.1 Å². The molecule has 1 aromatic carbocycles. The van der Waals surface area contributed by atoms with E-state index in [9.17, 15) is 9.59 Å². The molecule has 0 bridgehead atoms. The number of hydrazone groups is 1. The molecule has 0 radical (unpaired) electrons. The Balaban J connectivity index is 1.78. The number of carbonyl (C=O) groups excluding carboxylic acids is 2. The Bertz CT molecular complexity index is 561. The van der Waals surface area contributed by atoms with Crippen LogP contribution in [0.25, 0.3) is 0 Å². The fraction of sp³-hybridized carbons (Fsp3) is 0.438. The number of anilines is 1. The molecule has 1 fully saturated rings. The number of nitrogens with one attached hydrogen (secondary N) is 2. The summed E-state index contributed by atoms with van der Waals surface area (Å²) in [5.41, 5.74) is 4.86. The van der Waals surface area contributed by atoms with E-state index in [1.165, 1.54) is 0 Å². The molecule has 0 spiro atoms. The van der Waals surface area contributed by atoms with Crippen molar-refractivity contribution in [1.29, 1.82) is 0 Å². The van der Waals surface area contributed by atoms with Crippen LogP contribution in [0, 0.1) is 6.92 Å². The fourth-order valence-electron chi connectivity index (χ4n) is 2.12. The van der Waals surface area contributed by atoms with E-state index in [4.69, 9.17) is 4.74 Å². The fourth-order valence-corrected chi connectivity index (χ4v) is 2.12. The summed E-state index contributed by atoms with van der Waals surface area (Å²) in [6.07, 6.45) is 1.31. The largest absolute Gasteiger partial charge is 0.368 e. The van der Waals surface area contributed by atoms with E-state index in [0.29, 0.717) is 18.7 Å². The van der Waals surface area contributed by atoms with Gasteiger partial charge in [-0.05, 0) is 38.8 Å². The summed E-state index contributed by atoms with van der Waals surface area (Å²) in [5, 5.41) is 6.73. The highest BCUT2D eigenvalue weighted by molar-refractivity contribution is 6.05. The molecule has 1 aliphatic heterocycles. The first-order valence-corrected chi connectivity index (χ1v) is 7.36. The SMILES string of the molecule is C/C(CC(=O)Nc1ccc(C)cc1)=N\NC(=O)C1CCCO1. The van der Waals surface area contributed by atoms with Crippen molar-refractivity contribution in [1.82, 2.24) is 5.43 Å². The summed E-state index contributed by atoms with van der Waals surface area (Å²) in [4.78, 5) is 23.6. The minimum atomic E-state index is -0.419. The maximum Gasteiger partial charge on any atom is 0.269 e. The predicted octanol–water partition coefficient (Wildman–Crippen LogP) is 1.99. The lowest BCUT2D eigenvalue weighted by molar-refractivity contribution is -0.130. The zero-order chi connectivity index (χ0) is 15.9. The highest BCUT2D eigenvalue weighted by atomic mass is 16.5. The molecule has 1 unspecified atom stereocenters. The van der Waals surface area contributed by atoms with Gasteiger partial charge in [-0.25, -0.2) is 5.43 Å². The van der Waals surface area contributed by atoms with Crippen LogP contribution >= 0.6 is 0 Å². The van der Waals surface area contributed by atoms with Crippen LogP contribution in [0.4, 0.5) is 5.69 Å². The minimum absolute atomic E-state index is 0.125. The molecule has 2 rings (SSSR count). The van der Waals surface area contributed by atoms with E-state index in [1.807, 2.05) is 31.2 Å². The van der Waals surface area contributed by atoms with E-state index in [0.717, 1.165) is 17.7 Å². The van der Waals surface area contributed by atoms with Crippen LogP contribution < -0.4 is 10.7 Å². The lowest BCUT2D eigenvalue weighted by Crippen LogP contribution is -2.31. The maximum atomic E-state index is 11.9. The van der Waals surface area contributed by atoms with Gasteiger partial charge in [-0.15, -0.1) is 0 Å². The van der Waals surface area contributed by atoms with Crippen LogP contribution in [0.2, 0.25) is 0 Å².